The molecule has 2 aromatic carbocycles. The highest BCUT2D eigenvalue weighted by atomic mass is 35.5. The lowest BCUT2D eigenvalue weighted by Crippen LogP contribution is -2.30. The Morgan fingerprint density at radius 2 is 1.93 bits per heavy atom. The van der Waals surface area contributed by atoms with E-state index in [9.17, 15) is 19.1 Å². The molecular formula is C21H19ClFN3O4. The van der Waals surface area contributed by atoms with Crippen LogP contribution in [0.15, 0.2) is 54.6 Å². The van der Waals surface area contributed by atoms with Gasteiger partial charge in [0.15, 0.2) is 5.69 Å². The Kier molecular flexibility index (Phi) is 6.68. The van der Waals surface area contributed by atoms with Crippen LogP contribution in [0.5, 0.6) is 5.88 Å². The molecule has 1 amide bonds. The lowest BCUT2D eigenvalue weighted by atomic mass is 10.0. The topological polar surface area (TPSA) is 93.4 Å². The van der Waals surface area contributed by atoms with Gasteiger partial charge in [-0.15, -0.1) is 0 Å². The van der Waals surface area contributed by atoms with E-state index in [4.69, 9.17) is 16.3 Å². The first-order valence-electron chi connectivity index (χ1n) is 9.15. The minimum atomic E-state index is -1.11. The molecular weight excluding hydrogens is 413 g/mol. The number of amides is 1. The zero-order chi connectivity index (χ0) is 21.7. The summed E-state index contributed by atoms with van der Waals surface area (Å²) in [5, 5.41) is 16.6. The lowest BCUT2D eigenvalue weighted by molar-refractivity contribution is -0.137. The normalized spacial score (nSPS) is 11.7. The van der Waals surface area contributed by atoms with Crippen molar-refractivity contribution in [1.82, 2.24) is 15.1 Å². The molecule has 0 saturated heterocycles. The Morgan fingerprint density at radius 1 is 1.23 bits per heavy atom. The first kappa shape index (κ1) is 21.3. The smallest absolute Gasteiger partial charge is 0.305 e. The monoisotopic (exact) mass is 431 g/mol. The fraction of sp³-hybridized carbons (Fsp3) is 0.190. The Labute approximate surface area is 177 Å². The molecule has 1 atom stereocenters. The average molecular weight is 432 g/mol. The molecule has 0 radical (unpaired) electrons. The van der Waals surface area contributed by atoms with E-state index in [0.717, 1.165) is 0 Å². The highest BCUT2D eigenvalue weighted by molar-refractivity contribution is 6.32. The molecule has 2 N–H and O–H groups in total. The van der Waals surface area contributed by atoms with Gasteiger partial charge in [-0.2, -0.15) is 9.78 Å². The molecule has 0 saturated carbocycles. The van der Waals surface area contributed by atoms with Crippen molar-refractivity contribution in [1.29, 1.82) is 0 Å². The van der Waals surface area contributed by atoms with Crippen LogP contribution in [0.1, 0.15) is 35.4 Å². The highest BCUT2D eigenvalue weighted by Crippen LogP contribution is 2.26. The number of carbonyl (C=O) groups excluding carboxylic acids is 1. The molecule has 0 aliphatic heterocycles. The number of hydrogen-bond donors (Lipinski definition) is 2. The number of rotatable bonds is 8. The molecule has 30 heavy (non-hydrogen) atoms. The predicted octanol–water partition coefficient (Wildman–Crippen LogP) is 4.01. The van der Waals surface area contributed by atoms with Crippen molar-refractivity contribution in [2.75, 3.05) is 6.61 Å². The van der Waals surface area contributed by atoms with Crippen LogP contribution in [0, 0.1) is 5.82 Å². The van der Waals surface area contributed by atoms with E-state index in [1.54, 1.807) is 31.2 Å². The van der Waals surface area contributed by atoms with E-state index in [1.165, 1.54) is 35.0 Å². The summed E-state index contributed by atoms with van der Waals surface area (Å²) in [6.45, 7) is 2.13. The highest BCUT2D eigenvalue weighted by Gasteiger charge is 2.23. The molecule has 1 unspecified atom stereocenters. The van der Waals surface area contributed by atoms with Crippen molar-refractivity contribution in [3.63, 3.8) is 0 Å². The second kappa shape index (κ2) is 9.41. The zero-order valence-electron chi connectivity index (χ0n) is 16.0. The number of aliphatic carboxylic acids is 1. The fourth-order valence-corrected chi connectivity index (χ4v) is 3.09. The maximum atomic E-state index is 13.2. The maximum absolute atomic E-state index is 13.2. The zero-order valence-corrected chi connectivity index (χ0v) is 16.8. The van der Waals surface area contributed by atoms with Crippen molar-refractivity contribution < 1.29 is 23.8 Å². The van der Waals surface area contributed by atoms with Gasteiger partial charge in [0.1, 0.15) is 5.82 Å². The first-order valence-corrected chi connectivity index (χ1v) is 9.52. The number of ether oxygens (including phenoxy) is 1. The Balaban J connectivity index is 1.91. The summed E-state index contributed by atoms with van der Waals surface area (Å²) in [4.78, 5) is 24.1. The van der Waals surface area contributed by atoms with Gasteiger partial charge in [0.05, 0.1) is 29.8 Å². The minimum absolute atomic E-state index is 0.0240. The molecule has 1 aromatic heterocycles. The van der Waals surface area contributed by atoms with Gasteiger partial charge in [-0.25, -0.2) is 4.39 Å². The number of nitrogens with one attached hydrogen (secondary N) is 1. The van der Waals surface area contributed by atoms with Crippen molar-refractivity contribution in [2.45, 2.75) is 19.4 Å². The summed E-state index contributed by atoms with van der Waals surface area (Å²) >= 11 is 6.24. The van der Waals surface area contributed by atoms with E-state index in [2.05, 4.69) is 10.4 Å². The quantitative estimate of drug-likeness (QED) is 0.562. The molecule has 3 rings (SSSR count). The second-order valence-corrected chi connectivity index (χ2v) is 6.75. The van der Waals surface area contributed by atoms with E-state index in [1.807, 2.05) is 0 Å². The fourth-order valence-electron chi connectivity index (χ4n) is 2.88. The Morgan fingerprint density at radius 3 is 2.57 bits per heavy atom. The van der Waals surface area contributed by atoms with Gasteiger partial charge >= 0.3 is 5.97 Å². The van der Waals surface area contributed by atoms with Crippen LogP contribution < -0.4 is 10.1 Å². The number of carbonyl (C=O) groups is 2. The number of nitrogens with zero attached hydrogens (tertiary/aromatic N) is 2. The third-order valence-corrected chi connectivity index (χ3v) is 4.56. The standard InChI is InChI=1S/C21H19ClFN3O4/c1-2-30-19-11-17(25-26(19)18-6-4-3-5-15(18)22)21(29)24-16(12-20(27)28)13-7-9-14(23)10-8-13/h3-11,16H,2,12H2,1H3,(H,24,29)(H,27,28). The number of benzene rings is 2. The van der Waals surface area contributed by atoms with Crippen LogP contribution in [0.2, 0.25) is 5.02 Å². The van der Waals surface area contributed by atoms with Crippen molar-refractivity contribution in [3.8, 4) is 11.6 Å². The van der Waals surface area contributed by atoms with Gasteiger partial charge in [-0.05, 0) is 36.8 Å². The molecule has 0 spiro atoms. The third kappa shape index (κ3) is 4.96. The summed E-state index contributed by atoms with van der Waals surface area (Å²) in [5.41, 5.74) is 1.01. The molecule has 7 nitrogen and oxygen atoms in total. The summed E-state index contributed by atoms with van der Waals surface area (Å²) < 4.78 is 20.2. The molecule has 1 heterocycles. The van der Waals surface area contributed by atoms with Crippen LogP contribution in [0.4, 0.5) is 4.39 Å². The number of carboxylic acids is 1. The van der Waals surface area contributed by atoms with E-state index in [-0.39, 0.29) is 12.1 Å². The molecule has 0 aliphatic carbocycles. The largest absolute Gasteiger partial charge is 0.481 e. The molecule has 0 fully saturated rings. The summed E-state index contributed by atoms with van der Waals surface area (Å²) in [5.74, 6) is -1.86. The van der Waals surface area contributed by atoms with Gasteiger partial charge in [0.25, 0.3) is 5.91 Å². The van der Waals surface area contributed by atoms with Crippen LogP contribution in [-0.2, 0) is 4.79 Å². The van der Waals surface area contributed by atoms with E-state index >= 15 is 0 Å². The summed E-state index contributed by atoms with van der Waals surface area (Å²) in [6.07, 6.45) is -0.374. The van der Waals surface area contributed by atoms with Gasteiger partial charge in [0, 0.05) is 6.07 Å². The third-order valence-electron chi connectivity index (χ3n) is 4.24. The Hall–Kier alpha value is -3.39. The number of aromatic nitrogens is 2. The molecule has 0 bridgehead atoms. The maximum Gasteiger partial charge on any atom is 0.305 e. The predicted molar refractivity (Wildman–Crippen MR) is 109 cm³/mol. The van der Waals surface area contributed by atoms with Crippen molar-refractivity contribution in [3.05, 3.63) is 76.7 Å². The minimum Gasteiger partial charge on any atom is -0.481 e. The van der Waals surface area contributed by atoms with Crippen LogP contribution in [0.3, 0.4) is 0 Å². The SMILES string of the molecule is CCOc1cc(C(=O)NC(CC(=O)O)c2ccc(F)cc2)nn1-c1ccccc1Cl. The number of para-hydroxylation sites is 1. The van der Waals surface area contributed by atoms with E-state index in [0.29, 0.717) is 28.8 Å². The first-order chi connectivity index (χ1) is 14.4. The van der Waals surface area contributed by atoms with Crippen molar-refractivity contribution in [2.24, 2.45) is 0 Å². The van der Waals surface area contributed by atoms with Crippen LogP contribution in [0.25, 0.3) is 5.69 Å². The number of hydrogen-bond acceptors (Lipinski definition) is 4. The molecule has 9 heteroatoms. The number of halogens is 2. The van der Waals surface area contributed by atoms with Gasteiger partial charge in [-0.1, -0.05) is 35.9 Å². The van der Waals surface area contributed by atoms with Crippen LogP contribution in [-0.4, -0.2) is 33.4 Å². The molecule has 156 valence electrons. The van der Waals surface area contributed by atoms with Crippen LogP contribution >= 0.6 is 11.6 Å². The van der Waals surface area contributed by atoms with E-state index < -0.39 is 23.7 Å². The van der Waals surface area contributed by atoms with Crippen molar-refractivity contribution >= 4 is 23.5 Å². The van der Waals surface area contributed by atoms with Gasteiger partial charge < -0.3 is 15.2 Å². The second-order valence-electron chi connectivity index (χ2n) is 6.34. The van der Waals surface area contributed by atoms with Gasteiger partial charge in [0.2, 0.25) is 5.88 Å². The molecule has 0 aliphatic rings. The lowest BCUT2D eigenvalue weighted by Gasteiger charge is -2.16. The average Bonchev–Trinajstić information content (AvgIpc) is 3.12. The van der Waals surface area contributed by atoms with Gasteiger partial charge in [-0.3, -0.25) is 9.59 Å². The molecule has 3 aromatic rings. The summed E-state index contributed by atoms with van der Waals surface area (Å²) in [6, 6.07) is 12.8. The Bertz CT molecular complexity index is 1050. The number of carboxylic acid groups (broad SMARTS) is 1. The summed E-state index contributed by atoms with van der Waals surface area (Å²) in [7, 11) is 0.